The fourth-order valence-electron chi connectivity index (χ4n) is 2.73. The largest absolute Gasteiger partial charge is 0.485 e. The summed E-state index contributed by atoms with van der Waals surface area (Å²) in [5.74, 6) is 0.485. The molecule has 3 heterocycles. The minimum Gasteiger partial charge on any atom is -0.485 e. The number of amides is 1. The highest BCUT2D eigenvalue weighted by molar-refractivity contribution is 7.15. The molecule has 1 amide bonds. The summed E-state index contributed by atoms with van der Waals surface area (Å²) in [6.07, 6.45) is 4.25. The predicted octanol–water partition coefficient (Wildman–Crippen LogP) is 2.41. The van der Waals surface area contributed by atoms with Crippen molar-refractivity contribution in [2.45, 2.75) is 19.6 Å². The van der Waals surface area contributed by atoms with Crippen LogP contribution in [0.3, 0.4) is 0 Å². The van der Waals surface area contributed by atoms with Crippen LogP contribution < -0.4 is 15.4 Å². The lowest BCUT2D eigenvalue weighted by molar-refractivity contribution is 0.102. The van der Waals surface area contributed by atoms with Gasteiger partial charge >= 0.3 is 0 Å². The van der Waals surface area contributed by atoms with Gasteiger partial charge in [0.1, 0.15) is 12.4 Å². The lowest BCUT2D eigenvalue weighted by Crippen LogP contribution is -2.24. The molecule has 0 saturated carbocycles. The summed E-state index contributed by atoms with van der Waals surface area (Å²) < 4.78 is 5.58. The number of anilines is 1. The van der Waals surface area contributed by atoms with E-state index >= 15 is 0 Å². The van der Waals surface area contributed by atoms with E-state index in [0.29, 0.717) is 21.5 Å². The zero-order valence-corrected chi connectivity index (χ0v) is 14.8. The second-order valence-electron chi connectivity index (χ2n) is 5.84. The van der Waals surface area contributed by atoms with Crippen molar-refractivity contribution in [2.75, 3.05) is 11.9 Å². The summed E-state index contributed by atoms with van der Waals surface area (Å²) in [7, 11) is 0. The second-order valence-corrected chi connectivity index (χ2v) is 6.90. The summed E-state index contributed by atoms with van der Waals surface area (Å²) in [4.78, 5) is 16.4. The van der Waals surface area contributed by atoms with Crippen molar-refractivity contribution in [1.82, 2.24) is 20.5 Å². The van der Waals surface area contributed by atoms with Crippen molar-refractivity contribution in [1.29, 1.82) is 0 Å². The van der Waals surface area contributed by atoms with Crippen LogP contribution in [0.4, 0.5) is 5.13 Å². The molecule has 0 saturated heterocycles. The predicted molar refractivity (Wildman–Crippen MR) is 98.3 cm³/mol. The first-order valence-corrected chi connectivity index (χ1v) is 9.09. The van der Waals surface area contributed by atoms with Crippen molar-refractivity contribution >= 4 is 22.4 Å². The van der Waals surface area contributed by atoms with Gasteiger partial charge in [0, 0.05) is 18.3 Å². The monoisotopic (exact) mass is 367 g/mol. The summed E-state index contributed by atoms with van der Waals surface area (Å²) in [6.45, 7) is 2.08. The van der Waals surface area contributed by atoms with Crippen molar-refractivity contribution in [3.63, 3.8) is 0 Å². The van der Waals surface area contributed by atoms with Crippen LogP contribution in [0.25, 0.3) is 0 Å². The number of rotatable bonds is 5. The van der Waals surface area contributed by atoms with Gasteiger partial charge in [-0.05, 0) is 48.4 Å². The van der Waals surface area contributed by atoms with Gasteiger partial charge in [-0.3, -0.25) is 15.1 Å². The van der Waals surface area contributed by atoms with Gasteiger partial charge in [-0.2, -0.15) is 0 Å². The minimum absolute atomic E-state index is 0.179. The van der Waals surface area contributed by atoms with Gasteiger partial charge in [0.15, 0.2) is 5.01 Å². The highest BCUT2D eigenvalue weighted by atomic mass is 32.1. The van der Waals surface area contributed by atoms with Crippen LogP contribution in [-0.2, 0) is 19.6 Å². The van der Waals surface area contributed by atoms with Gasteiger partial charge < -0.3 is 10.1 Å². The van der Waals surface area contributed by atoms with E-state index in [1.54, 1.807) is 18.5 Å². The Morgan fingerprint density at radius 3 is 3.12 bits per heavy atom. The maximum absolute atomic E-state index is 12.5. The van der Waals surface area contributed by atoms with Gasteiger partial charge in [0.25, 0.3) is 5.91 Å². The molecule has 0 unspecified atom stereocenters. The van der Waals surface area contributed by atoms with E-state index in [-0.39, 0.29) is 12.5 Å². The molecule has 2 N–H and O–H groups in total. The van der Waals surface area contributed by atoms with E-state index < -0.39 is 0 Å². The van der Waals surface area contributed by atoms with Crippen LogP contribution in [0.1, 0.15) is 26.5 Å². The van der Waals surface area contributed by atoms with Crippen molar-refractivity contribution < 1.29 is 9.53 Å². The molecule has 7 nitrogen and oxygen atoms in total. The SMILES string of the molecule is O=C(Nc1nnc(COc2cccnc2)s1)c1ccc2c(c1)CCNC2. The van der Waals surface area contributed by atoms with Gasteiger partial charge in [0.05, 0.1) is 6.20 Å². The highest BCUT2D eigenvalue weighted by Crippen LogP contribution is 2.20. The third-order valence-corrected chi connectivity index (χ3v) is 4.85. The number of nitrogens with one attached hydrogen (secondary N) is 2. The van der Waals surface area contributed by atoms with Crippen LogP contribution in [0.5, 0.6) is 5.75 Å². The first-order chi connectivity index (χ1) is 12.8. The van der Waals surface area contributed by atoms with E-state index in [2.05, 4.69) is 25.8 Å². The average molecular weight is 367 g/mol. The maximum Gasteiger partial charge on any atom is 0.257 e. The van der Waals surface area contributed by atoms with Crippen LogP contribution >= 0.6 is 11.3 Å². The number of hydrogen-bond donors (Lipinski definition) is 2. The first kappa shape index (κ1) is 16.6. The van der Waals surface area contributed by atoms with E-state index in [1.165, 1.54) is 22.5 Å². The number of hydrogen-bond acceptors (Lipinski definition) is 7. The van der Waals surface area contributed by atoms with Crippen LogP contribution in [0, 0.1) is 0 Å². The van der Waals surface area contributed by atoms with Gasteiger partial charge in [-0.15, -0.1) is 10.2 Å². The molecule has 0 radical (unpaired) electrons. The van der Waals surface area contributed by atoms with Gasteiger partial charge in [0.2, 0.25) is 5.13 Å². The normalized spacial score (nSPS) is 13.1. The average Bonchev–Trinajstić information content (AvgIpc) is 3.14. The molecule has 1 aliphatic rings. The summed E-state index contributed by atoms with van der Waals surface area (Å²) in [5, 5.41) is 15.3. The van der Waals surface area contributed by atoms with Crippen LogP contribution in [0.15, 0.2) is 42.7 Å². The lowest BCUT2D eigenvalue weighted by atomic mass is 9.98. The zero-order chi connectivity index (χ0) is 17.8. The molecular weight excluding hydrogens is 350 g/mol. The number of pyridine rings is 1. The summed E-state index contributed by atoms with van der Waals surface area (Å²) in [6, 6.07) is 9.43. The molecule has 26 heavy (non-hydrogen) atoms. The summed E-state index contributed by atoms with van der Waals surface area (Å²) >= 11 is 1.29. The first-order valence-electron chi connectivity index (χ1n) is 8.27. The Kier molecular flexibility index (Phi) is 4.85. The topological polar surface area (TPSA) is 89.0 Å². The van der Waals surface area contributed by atoms with E-state index in [0.717, 1.165) is 19.5 Å². The van der Waals surface area contributed by atoms with Gasteiger partial charge in [-0.1, -0.05) is 17.4 Å². The molecule has 2 aromatic heterocycles. The molecule has 132 valence electrons. The zero-order valence-electron chi connectivity index (χ0n) is 13.9. The lowest BCUT2D eigenvalue weighted by Gasteiger charge is -2.17. The number of benzene rings is 1. The van der Waals surface area contributed by atoms with E-state index in [9.17, 15) is 4.79 Å². The molecular formula is C18H17N5O2S. The van der Waals surface area contributed by atoms with Crippen molar-refractivity contribution in [2.24, 2.45) is 0 Å². The number of aromatic nitrogens is 3. The molecule has 1 aromatic carbocycles. The fourth-order valence-corrected chi connectivity index (χ4v) is 3.38. The molecule has 0 spiro atoms. The number of ether oxygens (including phenoxy) is 1. The quantitative estimate of drug-likeness (QED) is 0.720. The Labute approximate surface area is 154 Å². The Bertz CT molecular complexity index is 913. The molecule has 0 bridgehead atoms. The molecule has 8 heteroatoms. The van der Waals surface area contributed by atoms with Gasteiger partial charge in [-0.25, -0.2) is 0 Å². The molecule has 4 rings (SSSR count). The highest BCUT2D eigenvalue weighted by Gasteiger charge is 2.14. The Hall–Kier alpha value is -2.84. The third kappa shape index (κ3) is 3.87. The number of nitrogens with zero attached hydrogens (tertiary/aromatic N) is 3. The van der Waals surface area contributed by atoms with Crippen LogP contribution in [0.2, 0.25) is 0 Å². The number of carbonyl (C=O) groups excluding carboxylic acids is 1. The summed E-state index contributed by atoms with van der Waals surface area (Å²) in [5.41, 5.74) is 3.10. The minimum atomic E-state index is -0.179. The second kappa shape index (κ2) is 7.59. The Morgan fingerprint density at radius 2 is 2.23 bits per heavy atom. The standard InChI is InChI=1S/C18H17N5O2S/c24-17(13-3-4-14-9-20-7-5-12(14)8-13)21-18-23-22-16(26-18)11-25-15-2-1-6-19-10-15/h1-4,6,8,10,20H,5,7,9,11H2,(H,21,23,24). The maximum atomic E-state index is 12.5. The number of carbonyl (C=O) groups is 1. The van der Waals surface area contributed by atoms with Crippen molar-refractivity contribution in [3.05, 3.63) is 64.4 Å². The smallest absolute Gasteiger partial charge is 0.257 e. The molecule has 0 aliphatic carbocycles. The third-order valence-electron chi connectivity index (χ3n) is 4.04. The molecule has 3 aromatic rings. The van der Waals surface area contributed by atoms with Crippen molar-refractivity contribution in [3.8, 4) is 5.75 Å². The van der Waals surface area contributed by atoms with E-state index in [1.807, 2.05) is 24.3 Å². The fraction of sp³-hybridized carbons (Fsp3) is 0.222. The molecule has 0 atom stereocenters. The Morgan fingerprint density at radius 1 is 1.27 bits per heavy atom. The van der Waals surface area contributed by atoms with Crippen LogP contribution in [-0.4, -0.2) is 27.6 Å². The molecule has 1 aliphatic heterocycles. The molecule has 0 fully saturated rings. The number of fused-ring (bicyclic) bond motifs is 1. The van der Waals surface area contributed by atoms with E-state index in [4.69, 9.17) is 4.74 Å². The Balaban J connectivity index is 1.38.